The second-order valence-corrected chi connectivity index (χ2v) is 9.33. The fourth-order valence-corrected chi connectivity index (χ4v) is 4.14. The van der Waals surface area contributed by atoms with Crippen molar-refractivity contribution >= 4 is 28.9 Å². The molecule has 0 bridgehead atoms. The van der Waals surface area contributed by atoms with Crippen molar-refractivity contribution in [3.05, 3.63) is 30.1 Å². The molecule has 1 amide bonds. The molecular formula is C23H24F6N6O2. The molecule has 14 heteroatoms. The van der Waals surface area contributed by atoms with E-state index in [1.54, 1.807) is 0 Å². The summed E-state index contributed by atoms with van der Waals surface area (Å²) in [7, 11) is 0. The van der Waals surface area contributed by atoms with E-state index >= 15 is 0 Å². The minimum Gasteiger partial charge on any atom is -0.480 e. The van der Waals surface area contributed by atoms with Crippen LogP contribution in [0.15, 0.2) is 24.5 Å². The van der Waals surface area contributed by atoms with Gasteiger partial charge in [0.15, 0.2) is 12.4 Å². The molecule has 3 heterocycles. The van der Waals surface area contributed by atoms with Gasteiger partial charge in [-0.05, 0) is 38.8 Å². The average Bonchev–Trinajstić information content (AvgIpc) is 3.22. The van der Waals surface area contributed by atoms with Gasteiger partial charge < -0.3 is 25.7 Å². The van der Waals surface area contributed by atoms with Gasteiger partial charge in [0.05, 0.1) is 16.9 Å². The Balaban J connectivity index is 1.76. The number of aromatic nitrogens is 3. The van der Waals surface area contributed by atoms with E-state index in [2.05, 4.69) is 44.7 Å². The number of benzene rings is 1. The number of hydrogen-bond acceptors (Lipinski definition) is 6. The first-order valence-corrected chi connectivity index (χ1v) is 11.3. The molecule has 3 aromatic rings. The van der Waals surface area contributed by atoms with Crippen molar-refractivity contribution in [3.63, 3.8) is 0 Å². The maximum absolute atomic E-state index is 13.9. The Kier molecular flexibility index (Phi) is 6.97. The van der Waals surface area contributed by atoms with Crippen LogP contribution in [0.4, 0.5) is 38.0 Å². The highest BCUT2D eigenvalue weighted by Crippen LogP contribution is 2.42. The van der Waals surface area contributed by atoms with Gasteiger partial charge in [-0.15, -0.1) is 0 Å². The SMILES string of the molecule is CC1(C)CC[C@H](Nc2ncc(C(F)(F)F)c(-c3c[nH]c4c(OCC(F)(F)F)c(NC=O)ccc34)n2)CN1. The number of hydrogen-bond donors (Lipinski definition) is 4. The highest BCUT2D eigenvalue weighted by Gasteiger charge is 2.37. The number of ether oxygens (including phenoxy) is 1. The van der Waals surface area contributed by atoms with Crippen LogP contribution in [0, 0.1) is 0 Å². The van der Waals surface area contributed by atoms with E-state index in [1.165, 1.54) is 18.3 Å². The Morgan fingerprint density at radius 1 is 1.22 bits per heavy atom. The third-order valence-electron chi connectivity index (χ3n) is 6.03. The molecule has 4 rings (SSSR count). The van der Waals surface area contributed by atoms with Gasteiger partial charge in [0.2, 0.25) is 12.4 Å². The van der Waals surface area contributed by atoms with Crippen molar-refractivity contribution < 1.29 is 35.9 Å². The van der Waals surface area contributed by atoms with E-state index in [-0.39, 0.29) is 51.8 Å². The molecule has 1 fully saturated rings. The van der Waals surface area contributed by atoms with Crippen LogP contribution in [0.25, 0.3) is 22.2 Å². The van der Waals surface area contributed by atoms with Gasteiger partial charge in [0.1, 0.15) is 5.56 Å². The Hall–Kier alpha value is -3.55. The van der Waals surface area contributed by atoms with Gasteiger partial charge in [-0.3, -0.25) is 4.79 Å². The van der Waals surface area contributed by atoms with Crippen molar-refractivity contribution in [1.29, 1.82) is 0 Å². The lowest BCUT2D eigenvalue weighted by atomic mass is 9.91. The highest BCUT2D eigenvalue weighted by atomic mass is 19.4. The van der Waals surface area contributed by atoms with E-state index in [1.807, 2.05) is 0 Å². The van der Waals surface area contributed by atoms with Gasteiger partial charge in [0, 0.05) is 41.5 Å². The summed E-state index contributed by atoms with van der Waals surface area (Å²) in [5.74, 6) is -0.387. The molecular weight excluding hydrogens is 506 g/mol. The Morgan fingerprint density at radius 3 is 2.59 bits per heavy atom. The van der Waals surface area contributed by atoms with Crippen molar-refractivity contribution in [1.82, 2.24) is 20.3 Å². The molecule has 1 aromatic carbocycles. The summed E-state index contributed by atoms with van der Waals surface area (Å²) in [5, 5.41) is 8.76. The smallest absolute Gasteiger partial charge is 0.422 e. The molecule has 37 heavy (non-hydrogen) atoms. The van der Waals surface area contributed by atoms with Crippen molar-refractivity contribution in [2.24, 2.45) is 0 Å². The fraction of sp³-hybridized carbons (Fsp3) is 0.435. The zero-order valence-corrected chi connectivity index (χ0v) is 19.8. The first-order chi connectivity index (χ1) is 17.3. The predicted molar refractivity (Wildman–Crippen MR) is 124 cm³/mol. The molecule has 0 radical (unpaired) electrons. The van der Waals surface area contributed by atoms with Gasteiger partial charge in [-0.1, -0.05) is 0 Å². The average molecular weight is 530 g/mol. The number of anilines is 2. The summed E-state index contributed by atoms with van der Waals surface area (Å²) >= 11 is 0. The van der Waals surface area contributed by atoms with Gasteiger partial charge in [-0.25, -0.2) is 9.97 Å². The van der Waals surface area contributed by atoms with Crippen LogP contribution in [0.2, 0.25) is 0 Å². The molecule has 0 aliphatic carbocycles. The number of nitrogens with one attached hydrogen (secondary N) is 4. The van der Waals surface area contributed by atoms with Crippen LogP contribution in [-0.4, -0.2) is 52.3 Å². The molecule has 2 aromatic heterocycles. The summed E-state index contributed by atoms with van der Waals surface area (Å²) in [6, 6.07) is 2.48. The number of fused-ring (bicyclic) bond motifs is 1. The lowest BCUT2D eigenvalue weighted by Gasteiger charge is -2.36. The van der Waals surface area contributed by atoms with Crippen LogP contribution >= 0.6 is 0 Å². The molecule has 0 spiro atoms. The molecule has 8 nitrogen and oxygen atoms in total. The number of carbonyl (C=O) groups is 1. The second kappa shape index (κ2) is 9.72. The standard InChI is InChI=1S/C23H24F6N6O2/c1-21(2)6-5-12(7-33-21)34-20-31-9-15(23(27,28)29)17(35-20)14-8-30-18-13(14)3-4-16(32-11-36)19(18)37-10-22(24,25)26/h3-4,8-9,11-12,30,33H,5-7,10H2,1-2H3,(H,32,36)(H,31,34,35)/t12-/m0/s1. The number of halogens is 6. The summed E-state index contributed by atoms with van der Waals surface area (Å²) in [6.45, 7) is 2.99. The fourth-order valence-electron chi connectivity index (χ4n) is 4.14. The minimum atomic E-state index is -4.80. The van der Waals surface area contributed by atoms with Crippen LogP contribution in [0.5, 0.6) is 5.75 Å². The molecule has 1 aliphatic heterocycles. The van der Waals surface area contributed by atoms with Gasteiger partial charge in [-0.2, -0.15) is 26.3 Å². The van der Waals surface area contributed by atoms with Gasteiger partial charge in [0.25, 0.3) is 0 Å². The number of rotatable bonds is 7. The first-order valence-electron chi connectivity index (χ1n) is 11.3. The molecule has 0 unspecified atom stereocenters. The monoisotopic (exact) mass is 530 g/mol. The van der Waals surface area contributed by atoms with E-state index in [9.17, 15) is 31.1 Å². The summed E-state index contributed by atoms with van der Waals surface area (Å²) in [6.07, 6.45) is -5.79. The van der Waals surface area contributed by atoms with Crippen molar-refractivity contribution in [2.45, 2.75) is 50.6 Å². The molecule has 1 atom stereocenters. The molecule has 0 saturated carbocycles. The zero-order chi connectivity index (χ0) is 27.0. The normalized spacial score (nSPS) is 18.0. The molecule has 200 valence electrons. The lowest BCUT2D eigenvalue weighted by molar-refractivity contribution is -0.153. The molecule has 1 aliphatic rings. The number of carbonyl (C=O) groups excluding carboxylic acids is 1. The Labute approximate surface area is 207 Å². The topological polar surface area (TPSA) is 104 Å². The van der Waals surface area contributed by atoms with Crippen molar-refractivity contribution in [3.8, 4) is 17.0 Å². The Bertz CT molecular complexity index is 1280. The first kappa shape index (κ1) is 26.5. The summed E-state index contributed by atoms with van der Waals surface area (Å²) < 4.78 is 85.0. The number of piperidine rings is 1. The number of amides is 1. The molecule has 4 N–H and O–H groups in total. The number of alkyl halides is 6. The summed E-state index contributed by atoms with van der Waals surface area (Å²) in [4.78, 5) is 21.6. The maximum Gasteiger partial charge on any atom is 0.422 e. The van der Waals surface area contributed by atoms with Gasteiger partial charge >= 0.3 is 12.4 Å². The van der Waals surface area contributed by atoms with Crippen LogP contribution in [0.3, 0.4) is 0 Å². The largest absolute Gasteiger partial charge is 0.480 e. The predicted octanol–water partition coefficient (Wildman–Crippen LogP) is 5.10. The summed E-state index contributed by atoms with van der Waals surface area (Å²) in [5.41, 5.74) is -1.78. The van der Waals surface area contributed by atoms with Crippen LogP contribution < -0.4 is 20.7 Å². The second-order valence-electron chi connectivity index (χ2n) is 9.33. The maximum atomic E-state index is 13.9. The van der Waals surface area contributed by atoms with Crippen molar-refractivity contribution in [2.75, 3.05) is 23.8 Å². The minimum absolute atomic E-state index is 0.0170. The third-order valence-corrected chi connectivity index (χ3v) is 6.03. The number of aromatic amines is 1. The van der Waals surface area contributed by atoms with E-state index < -0.39 is 30.2 Å². The highest BCUT2D eigenvalue weighted by molar-refractivity contribution is 6.02. The Morgan fingerprint density at radius 2 is 1.97 bits per heavy atom. The molecule has 1 saturated heterocycles. The number of nitrogens with zero attached hydrogens (tertiary/aromatic N) is 2. The lowest BCUT2D eigenvalue weighted by Crippen LogP contribution is -2.50. The van der Waals surface area contributed by atoms with Crippen LogP contribution in [0.1, 0.15) is 32.3 Å². The van der Waals surface area contributed by atoms with E-state index in [4.69, 9.17) is 4.74 Å². The van der Waals surface area contributed by atoms with E-state index in [0.29, 0.717) is 12.7 Å². The zero-order valence-electron chi connectivity index (χ0n) is 19.8. The quantitative estimate of drug-likeness (QED) is 0.251. The third kappa shape index (κ3) is 6.06. The number of H-pyrrole nitrogens is 1. The van der Waals surface area contributed by atoms with Crippen LogP contribution in [-0.2, 0) is 11.0 Å². The van der Waals surface area contributed by atoms with E-state index in [0.717, 1.165) is 12.8 Å².